The second-order valence-corrected chi connectivity index (χ2v) is 5.34. The molecule has 2 N–H and O–H groups in total. The summed E-state index contributed by atoms with van der Waals surface area (Å²) in [5.74, 6) is 0.920. The van der Waals surface area contributed by atoms with Gasteiger partial charge >= 0.3 is 0 Å². The van der Waals surface area contributed by atoms with Gasteiger partial charge in [0.25, 0.3) is 0 Å². The maximum Gasteiger partial charge on any atom is 0.0462 e. The van der Waals surface area contributed by atoms with Crippen molar-refractivity contribution in [1.29, 1.82) is 0 Å². The zero-order valence-corrected chi connectivity index (χ0v) is 10.4. The first-order valence-electron chi connectivity index (χ1n) is 6.41. The Morgan fingerprint density at radius 3 is 2.47 bits per heavy atom. The van der Waals surface area contributed by atoms with Crippen molar-refractivity contribution in [3.05, 3.63) is 0 Å². The molecule has 2 heteroatoms. The van der Waals surface area contributed by atoms with E-state index < -0.39 is 0 Å². The molecule has 1 fully saturated rings. The van der Waals surface area contributed by atoms with Crippen LogP contribution in [0.1, 0.15) is 51.9 Å². The average Bonchev–Trinajstić information content (AvgIpc) is 2.28. The molecule has 0 aromatic heterocycles. The van der Waals surface area contributed by atoms with E-state index in [1.54, 1.807) is 7.11 Å². The summed E-state index contributed by atoms with van der Waals surface area (Å²) in [6, 6.07) is 0. The molecule has 0 aromatic rings. The molecule has 0 unspecified atom stereocenters. The normalized spacial score (nSPS) is 31.8. The van der Waals surface area contributed by atoms with E-state index in [0.29, 0.717) is 5.41 Å². The molecule has 15 heavy (non-hydrogen) atoms. The molecule has 0 saturated heterocycles. The van der Waals surface area contributed by atoms with E-state index in [1.807, 2.05) is 0 Å². The van der Waals surface area contributed by atoms with Crippen molar-refractivity contribution in [1.82, 2.24) is 0 Å². The molecule has 0 bridgehead atoms. The van der Waals surface area contributed by atoms with Crippen LogP contribution in [0.5, 0.6) is 0 Å². The van der Waals surface area contributed by atoms with Crippen molar-refractivity contribution in [2.45, 2.75) is 51.9 Å². The van der Waals surface area contributed by atoms with Crippen LogP contribution in [-0.2, 0) is 4.74 Å². The Balaban J connectivity index is 2.27. The third kappa shape index (κ3) is 4.12. The summed E-state index contributed by atoms with van der Waals surface area (Å²) < 4.78 is 5.08. The Bertz CT molecular complexity index is 162. The van der Waals surface area contributed by atoms with Crippen molar-refractivity contribution in [2.24, 2.45) is 17.1 Å². The first kappa shape index (κ1) is 13.0. The zero-order valence-electron chi connectivity index (χ0n) is 10.4. The number of methoxy groups -OCH3 is 1. The predicted octanol–water partition coefficient (Wildman–Crippen LogP) is 2.96. The summed E-state index contributed by atoms with van der Waals surface area (Å²) >= 11 is 0. The standard InChI is InChI=1S/C13H27NO/c1-12-5-8-13(11-14,9-6-12)7-3-4-10-15-2/h12H,3-11,14H2,1-2H3. The number of ether oxygens (including phenoxy) is 1. The van der Waals surface area contributed by atoms with Crippen LogP contribution in [0.4, 0.5) is 0 Å². The lowest BCUT2D eigenvalue weighted by atomic mass is 9.68. The van der Waals surface area contributed by atoms with E-state index in [2.05, 4.69) is 6.92 Å². The number of rotatable bonds is 6. The lowest BCUT2D eigenvalue weighted by Gasteiger charge is -2.38. The van der Waals surface area contributed by atoms with Gasteiger partial charge in [0.1, 0.15) is 0 Å². The lowest BCUT2D eigenvalue weighted by molar-refractivity contribution is 0.136. The van der Waals surface area contributed by atoms with Crippen LogP contribution in [0.3, 0.4) is 0 Å². The SMILES string of the molecule is COCCCCC1(CN)CCC(C)CC1. The summed E-state index contributed by atoms with van der Waals surface area (Å²) in [6.45, 7) is 4.15. The Labute approximate surface area is 94.6 Å². The first-order chi connectivity index (χ1) is 7.22. The van der Waals surface area contributed by atoms with Gasteiger partial charge in [0, 0.05) is 13.7 Å². The number of hydrogen-bond acceptors (Lipinski definition) is 2. The summed E-state index contributed by atoms with van der Waals surface area (Å²) in [4.78, 5) is 0. The highest BCUT2D eigenvalue weighted by atomic mass is 16.5. The fraction of sp³-hybridized carbons (Fsp3) is 1.00. The quantitative estimate of drug-likeness (QED) is 0.688. The second kappa shape index (κ2) is 6.49. The maximum absolute atomic E-state index is 5.97. The van der Waals surface area contributed by atoms with E-state index in [-0.39, 0.29) is 0 Å². The molecule has 0 amide bonds. The predicted molar refractivity (Wildman–Crippen MR) is 64.8 cm³/mol. The van der Waals surface area contributed by atoms with Crippen LogP contribution in [0.15, 0.2) is 0 Å². The first-order valence-corrected chi connectivity index (χ1v) is 6.41. The third-order valence-electron chi connectivity index (χ3n) is 4.07. The maximum atomic E-state index is 5.97. The van der Waals surface area contributed by atoms with Gasteiger partial charge < -0.3 is 10.5 Å². The summed E-state index contributed by atoms with van der Waals surface area (Å²) in [7, 11) is 1.78. The molecule has 0 radical (unpaired) electrons. The number of nitrogens with two attached hydrogens (primary N) is 1. The average molecular weight is 213 g/mol. The molecule has 0 spiro atoms. The van der Waals surface area contributed by atoms with Crippen molar-refractivity contribution in [2.75, 3.05) is 20.3 Å². The largest absolute Gasteiger partial charge is 0.385 e. The van der Waals surface area contributed by atoms with E-state index in [1.165, 1.54) is 44.9 Å². The number of unbranched alkanes of at least 4 members (excludes halogenated alkanes) is 1. The number of hydrogen-bond donors (Lipinski definition) is 1. The van der Waals surface area contributed by atoms with Gasteiger partial charge in [-0.3, -0.25) is 0 Å². The smallest absolute Gasteiger partial charge is 0.0462 e. The van der Waals surface area contributed by atoms with Crippen LogP contribution in [-0.4, -0.2) is 20.3 Å². The van der Waals surface area contributed by atoms with Crippen LogP contribution in [0.2, 0.25) is 0 Å². The minimum atomic E-state index is 0.472. The van der Waals surface area contributed by atoms with Gasteiger partial charge in [-0.2, -0.15) is 0 Å². The van der Waals surface area contributed by atoms with Gasteiger partial charge in [0.05, 0.1) is 0 Å². The highest BCUT2D eigenvalue weighted by Gasteiger charge is 2.32. The van der Waals surface area contributed by atoms with Gasteiger partial charge in [-0.25, -0.2) is 0 Å². The van der Waals surface area contributed by atoms with E-state index in [9.17, 15) is 0 Å². The van der Waals surface area contributed by atoms with Crippen LogP contribution < -0.4 is 5.73 Å². The van der Waals surface area contributed by atoms with Crippen LogP contribution >= 0.6 is 0 Å². The zero-order chi connectivity index (χ0) is 11.1. The second-order valence-electron chi connectivity index (χ2n) is 5.34. The van der Waals surface area contributed by atoms with E-state index >= 15 is 0 Å². The van der Waals surface area contributed by atoms with Crippen LogP contribution in [0, 0.1) is 11.3 Å². The Hall–Kier alpha value is -0.0800. The molecule has 1 aliphatic rings. The van der Waals surface area contributed by atoms with Crippen molar-refractivity contribution in [3.63, 3.8) is 0 Å². The molecule has 1 rings (SSSR count). The van der Waals surface area contributed by atoms with E-state index in [4.69, 9.17) is 10.5 Å². The van der Waals surface area contributed by atoms with Crippen molar-refractivity contribution in [3.8, 4) is 0 Å². The van der Waals surface area contributed by atoms with Gasteiger partial charge in [-0.1, -0.05) is 26.2 Å². The summed E-state index contributed by atoms with van der Waals surface area (Å²) in [6.07, 6.45) is 9.21. The lowest BCUT2D eigenvalue weighted by Crippen LogP contribution is -2.34. The highest BCUT2D eigenvalue weighted by molar-refractivity contribution is 4.85. The van der Waals surface area contributed by atoms with E-state index in [0.717, 1.165) is 19.1 Å². The summed E-state index contributed by atoms with van der Waals surface area (Å²) in [5.41, 5.74) is 6.44. The topological polar surface area (TPSA) is 35.2 Å². The molecular formula is C13H27NO. The van der Waals surface area contributed by atoms with Gasteiger partial charge in [0.2, 0.25) is 0 Å². The van der Waals surface area contributed by atoms with Gasteiger partial charge in [-0.15, -0.1) is 0 Å². The molecule has 90 valence electrons. The minimum absolute atomic E-state index is 0.472. The fourth-order valence-corrected chi connectivity index (χ4v) is 2.68. The third-order valence-corrected chi connectivity index (χ3v) is 4.07. The molecule has 0 aromatic carbocycles. The van der Waals surface area contributed by atoms with Gasteiger partial charge in [0.15, 0.2) is 0 Å². The Morgan fingerprint density at radius 2 is 1.93 bits per heavy atom. The highest BCUT2D eigenvalue weighted by Crippen LogP contribution is 2.41. The van der Waals surface area contributed by atoms with Crippen LogP contribution in [0.25, 0.3) is 0 Å². The van der Waals surface area contributed by atoms with Crippen molar-refractivity contribution >= 4 is 0 Å². The molecule has 2 nitrogen and oxygen atoms in total. The van der Waals surface area contributed by atoms with Gasteiger partial charge in [-0.05, 0) is 43.6 Å². The molecular weight excluding hydrogens is 186 g/mol. The molecule has 0 atom stereocenters. The fourth-order valence-electron chi connectivity index (χ4n) is 2.68. The van der Waals surface area contributed by atoms with Crippen molar-refractivity contribution < 1.29 is 4.74 Å². The molecule has 0 aliphatic heterocycles. The minimum Gasteiger partial charge on any atom is -0.385 e. The summed E-state index contributed by atoms with van der Waals surface area (Å²) in [5, 5.41) is 0. The Kier molecular flexibility index (Phi) is 5.62. The monoisotopic (exact) mass is 213 g/mol. The molecule has 0 heterocycles. The molecule has 1 saturated carbocycles. The Morgan fingerprint density at radius 1 is 1.27 bits per heavy atom. The molecule has 1 aliphatic carbocycles.